The maximum absolute atomic E-state index is 12.9. The molecule has 6 nitrogen and oxygen atoms in total. The lowest BCUT2D eigenvalue weighted by Crippen LogP contribution is -2.25. The van der Waals surface area contributed by atoms with Gasteiger partial charge in [-0.2, -0.15) is 5.10 Å². The monoisotopic (exact) mass is 462 g/mol. The fourth-order valence-corrected chi connectivity index (χ4v) is 4.61. The summed E-state index contributed by atoms with van der Waals surface area (Å²) in [6.07, 6.45) is 1.67. The van der Waals surface area contributed by atoms with Gasteiger partial charge in [-0.25, -0.2) is 5.43 Å². The number of hydrazone groups is 1. The number of nitrogens with one attached hydrogen (secondary N) is 1. The van der Waals surface area contributed by atoms with Crippen LogP contribution in [0.15, 0.2) is 88.8 Å². The lowest BCUT2D eigenvalue weighted by Gasteiger charge is -2.14. The minimum absolute atomic E-state index is 0.0326. The van der Waals surface area contributed by atoms with E-state index in [0.717, 1.165) is 33.7 Å². The number of pyridine rings is 1. The Balaban J connectivity index is 1.40. The van der Waals surface area contributed by atoms with Crippen molar-refractivity contribution in [3.8, 4) is 5.69 Å². The number of amides is 1. The molecule has 1 N–H and O–H groups in total. The van der Waals surface area contributed by atoms with E-state index in [4.69, 9.17) is 0 Å². The molecule has 5 rings (SSSR count). The molecule has 5 aromatic rings. The molecule has 1 amide bonds. The first kappa shape index (κ1) is 22.3. The normalized spacial score (nSPS) is 11.5. The van der Waals surface area contributed by atoms with Crippen molar-refractivity contribution in [3.63, 3.8) is 0 Å². The van der Waals surface area contributed by atoms with E-state index >= 15 is 0 Å². The van der Waals surface area contributed by atoms with Gasteiger partial charge in [0, 0.05) is 33.4 Å². The number of para-hydroxylation sites is 2. The molecule has 0 atom stereocenters. The first-order chi connectivity index (χ1) is 16.9. The van der Waals surface area contributed by atoms with Gasteiger partial charge in [0.15, 0.2) is 5.43 Å². The highest BCUT2D eigenvalue weighted by atomic mass is 16.2. The summed E-state index contributed by atoms with van der Waals surface area (Å²) in [6, 6.07) is 25.1. The molecule has 6 heteroatoms. The molecule has 2 heterocycles. The Bertz CT molecular complexity index is 1600. The van der Waals surface area contributed by atoms with Gasteiger partial charge in [-0.3, -0.25) is 9.59 Å². The molecule has 174 valence electrons. The van der Waals surface area contributed by atoms with Gasteiger partial charge in [0.25, 0.3) is 5.91 Å². The van der Waals surface area contributed by atoms with Gasteiger partial charge in [0.05, 0.1) is 17.2 Å². The van der Waals surface area contributed by atoms with Gasteiger partial charge in [-0.1, -0.05) is 42.0 Å². The number of aromatic nitrogens is 2. The summed E-state index contributed by atoms with van der Waals surface area (Å²) in [5.41, 5.74) is 9.42. The van der Waals surface area contributed by atoms with Gasteiger partial charge in [-0.05, 0) is 63.2 Å². The molecule has 0 saturated heterocycles. The lowest BCUT2D eigenvalue weighted by atomic mass is 10.1. The average Bonchev–Trinajstić information content (AvgIpc) is 3.15. The largest absolute Gasteiger partial charge is 0.331 e. The van der Waals surface area contributed by atoms with E-state index in [2.05, 4.69) is 53.2 Å². The minimum Gasteiger partial charge on any atom is -0.331 e. The van der Waals surface area contributed by atoms with Crippen LogP contribution in [0.25, 0.3) is 27.5 Å². The van der Waals surface area contributed by atoms with Crippen molar-refractivity contribution in [2.24, 2.45) is 5.10 Å². The van der Waals surface area contributed by atoms with Crippen LogP contribution in [0.3, 0.4) is 0 Å². The van der Waals surface area contributed by atoms with Gasteiger partial charge in [0.2, 0.25) is 0 Å². The van der Waals surface area contributed by atoms with Crippen LogP contribution in [0.5, 0.6) is 0 Å². The van der Waals surface area contributed by atoms with Gasteiger partial charge < -0.3 is 9.13 Å². The van der Waals surface area contributed by atoms with Crippen molar-refractivity contribution in [1.82, 2.24) is 14.6 Å². The van der Waals surface area contributed by atoms with Crippen molar-refractivity contribution in [2.75, 3.05) is 0 Å². The number of nitrogens with zero attached hydrogens (tertiary/aromatic N) is 3. The predicted octanol–water partition coefficient (Wildman–Crippen LogP) is 5.02. The van der Waals surface area contributed by atoms with E-state index in [1.54, 1.807) is 18.3 Å². The summed E-state index contributed by atoms with van der Waals surface area (Å²) in [4.78, 5) is 25.8. The number of hydrogen-bond acceptors (Lipinski definition) is 3. The third-order valence-corrected chi connectivity index (χ3v) is 6.34. The second kappa shape index (κ2) is 9.06. The topological polar surface area (TPSA) is 68.4 Å². The Kier molecular flexibility index (Phi) is 5.79. The summed E-state index contributed by atoms with van der Waals surface area (Å²) in [6.45, 7) is 6.20. The van der Waals surface area contributed by atoms with Crippen LogP contribution in [0.4, 0.5) is 0 Å². The molecule has 0 fully saturated rings. The molecular formula is C29H26N4O2. The third-order valence-electron chi connectivity index (χ3n) is 6.34. The zero-order valence-corrected chi connectivity index (χ0v) is 19.9. The van der Waals surface area contributed by atoms with Crippen LogP contribution in [0.1, 0.15) is 22.5 Å². The first-order valence-corrected chi connectivity index (χ1v) is 11.5. The highest BCUT2D eigenvalue weighted by Gasteiger charge is 2.13. The van der Waals surface area contributed by atoms with E-state index in [1.807, 2.05) is 54.0 Å². The zero-order valence-electron chi connectivity index (χ0n) is 19.9. The molecule has 0 radical (unpaired) electrons. The van der Waals surface area contributed by atoms with Gasteiger partial charge in [0.1, 0.15) is 6.54 Å². The molecule has 0 spiro atoms. The van der Waals surface area contributed by atoms with Crippen LogP contribution in [-0.4, -0.2) is 21.3 Å². The second-order valence-electron chi connectivity index (χ2n) is 8.74. The summed E-state index contributed by atoms with van der Waals surface area (Å²) >= 11 is 0. The molecule has 2 aromatic heterocycles. The number of hydrogen-bond donors (Lipinski definition) is 1. The van der Waals surface area contributed by atoms with Crippen molar-refractivity contribution in [1.29, 1.82) is 0 Å². The number of aryl methyl sites for hydroxylation is 2. The van der Waals surface area contributed by atoms with Crippen molar-refractivity contribution in [2.45, 2.75) is 27.3 Å². The number of carbonyl (C=O) groups is 1. The number of fused-ring (bicyclic) bond motifs is 2. The fraction of sp³-hybridized carbons (Fsp3) is 0.138. The highest BCUT2D eigenvalue weighted by Crippen LogP contribution is 2.21. The number of rotatable bonds is 5. The quantitative estimate of drug-likeness (QED) is 0.226. The smallest absolute Gasteiger partial charge is 0.260 e. The summed E-state index contributed by atoms with van der Waals surface area (Å²) in [7, 11) is 0. The lowest BCUT2D eigenvalue weighted by molar-refractivity contribution is -0.121. The molecule has 0 unspecified atom stereocenters. The van der Waals surface area contributed by atoms with E-state index in [-0.39, 0.29) is 17.9 Å². The van der Waals surface area contributed by atoms with E-state index in [1.165, 1.54) is 5.56 Å². The Hall–Kier alpha value is -4.45. The molecule has 0 aliphatic carbocycles. The van der Waals surface area contributed by atoms with Crippen molar-refractivity contribution in [3.05, 3.63) is 112 Å². The maximum Gasteiger partial charge on any atom is 0.260 e. The van der Waals surface area contributed by atoms with Crippen LogP contribution in [0, 0.1) is 20.8 Å². The molecule has 0 aliphatic rings. The number of carbonyl (C=O) groups excluding carboxylic acids is 1. The Morgan fingerprint density at radius 1 is 0.886 bits per heavy atom. The van der Waals surface area contributed by atoms with Gasteiger partial charge >= 0.3 is 0 Å². The summed E-state index contributed by atoms with van der Waals surface area (Å²) < 4.78 is 4.03. The minimum atomic E-state index is -0.271. The van der Waals surface area contributed by atoms with E-state index in [9.17, 15) is 9.59 Å². The SMILES string of the molecule is Cc1ccc(-n2c(C)cc(/C=N/NC(=O)Cn3c4ccccc4c(=O)c4ccccc43)c2C)cc1. The average molecular weight is 463 g/mol. The Morgan fingerprint density at radius 2 is 1.49 bits per heavy atom. The van der Waals surface area contributed by atoms with E-state index < -0.39 is 0 Å². The number of benzene rings is 3. The van der Waals surface area contributed by atoms with Gasteiger partial charge in [-0.15, -0.1) is 0 Å². The Labute approximate surface area is 203 Å². The molecule has 0 bridgehead atoms. The summed E-state index contributed by atoms with van der Waals surface area (Å²) in [5.74, 6) is -0.271. The van der Waals surface area contributed by atoms with Crippen LogP contribution in [0.2, 0.25) is 0 Å². The molecule has 3 aromatic carbocycles. The molecule has 35 heavy (non-hydrogen) atoms. The second-order valence-corrected chi connectivity index (χ2v) is 8.74. The first-order valence-electron chi connectivity index (χ1n) is 11.5. The zero-order chi connectivity index (χ0) is 24.5. The van der Waals surface area contributed by atoms with E-state index in [0.29, 0.717) is 10.8 Å². The van der Waals surface area contributed by atoms with Crippen LogP contribution in [-0.2, 0) is 11.3 Å². The highest BCUT2D eigenvalue weighted by molar-refractivity contribution is 5.95. The predicted molar refractivity (Wildman–Crippen MR) is 141 cm³/mol. The van der Waals surface area contributed by atoms with Crippen LogP contribution < -0.4 is 10.9 Å². The fourth-order valence-electron chi connectivity index (χ4n) is 4.61. The van der Waals surface area contributed by atoms with Crippen molar-refractivity contribution < 1.29 is 4.79 Å². The molecular weight excluding hydrogens is 436 g/mol. The standard InChI is InChI=1S/C29H26N4O2/c1-19-12-14-23(15-13-19)33-20(2)16-22(21(33)3)17-30-31-28(34)18-32-26-10-6-4-8-24(26)29(35)25-9-5-7-11-27(25)32/h4-17H,18H2,1-3H3,(H,31,34)/b30-17+. The third kappa shape index (κ3) is 4.15. The van der Waals surface area contributed by atoms with Crippen molar-refractivity contribution >= 4 is 33.9 Å². The molecule has 0 saturated carbocycles. The molecule has 0 aliphatic heterocycles. The Morgan fingerprint density at radius 3 is 2.11 bits per heavy atom. The summed E-state index contributed by atoms with van der Waals surface area (Å²) in [5, 5.41) is 5.40. The van der Waals surface area contributed by atoms with Crippen LogP contribution >= 0.6 is 0 Å². The maximum atomic E-state index is 12.9.